The maximum Gasteiger partial charge on any atom is 0.237 e. The number of hydrogen-bond acceptors (Lipinski definition) is 2. The van der Waals surface area contributed by atoms with E-state index in [2.05, 4.69) is 13.8 Å². The van der Waals surface area contributed by atoms with E-state index in [4.69, 9.17) is 18.0 Å². The molecule has 0 aliphatic carbocycles. The summed E-state index contributed by atoms with van der Waals surface area (Å²) in [5.41, 5.74) is 6.72. The molecule has 1 aliphatic heterocycles. The lowest BCUT2D eigenvalue weighted by Gasteiger charge is -2.38. The first-order chi connectivity index (χ1) is 9.50. The minimum Gasteiger partial charge on any atom is -0.392 e. The summed E-state index contributed by atoms with van der Waals surface area (Å²) in [5.74, 6) is 0.221. The van der Waals surface area contributed by atoms with Gasteiger partial charge >= 0.3 is 0 Å². The van der Waals surface area contributed by atoms with Gasteiger partial charge in [-0.15, -0.1) is 0 Å². The maximum atomic E-state index is 12.8. The quantitative estimate of drug-likeness (QED) is 0.871. The van der Waals surface area contributed by atoms with Crippen molar-refractivity contribution in [2.75, 3.05) is 6.54 Å². The molecule has 4 heteroatoms. The topological polar surface area (TPSA) is 46.3 Å². The van der Waals surface area contributed by atoms with Gasteiger partial charge in [0.05, 0.1) is 4.99 Å². The van der Waals surface area contributed by atoms with Crippen molar-refractivity contribution in [1.82, 2.24) is 4.90 Å². The molecule has 0 saturated carbocycles. The molecule has 1 aromatic rings. The second-order valence-electron chi connectivity index (χ2n) is 5.76. The third kappa shape index (κ3) is 3.18. The molecule has 2 N–H and O–H groups in total. The van der Waals surface area contributed by atoms with E-state index in [0.717, 1.165) is 24.9 Å². The number of nitrogens with zero attached hydrogens (tertiary/aromatic N) is 1. The second-order valence-corrected chi connectivity index (χ2v) is 6.23. The van der Waals surface area contributed by atoms with Gasteiger partial charge in [-0.05, 0) is 31.2 Å². The van der Waals surface area contributed by atoms with Crippen molar-refractivity contribution >= 4 is 23.1 Å². The van der Waals surface area contributed by atoms with Crippen molar-refractivity contribution in [1.29, 1.82) is 0 Å². The third-order valence-electron chi connectivity index (χ3n) is 4.09. The molecule has 1 heterocycles. The van der Waals surface area contributed by atoms with E-state index in [0.29, 0.717) is 5.92 Å². The summed E-state index contributed by atoms with van der Waals surface area (Å²) in [7, 11) is 0. The molecule has 1 aliphatic rings. The lowest BCUT2D eigenvalue weighted by Crippen LogP contribution is -2.48. The molecule has 2 rings (SSSR count). The zero-order valence-corrected chi connectivity index (χ0v) is 12.9. The van der Waals surface area contributed by atoms with E-state index in [-0.39, 0.29) is 16.9 Å². The van der Waals surface area contributed by atoms with Crippen LogP contribution in [0.1, 0.15) is 38.2 Å². The van der Waals surface area contributed by atoms with Gasteiger partial charge in [-0.25, -0.2) is 0 Å². The summed E-state index contributed by atoms with van der Waals surface area (Å²) in [4.78, 5) is 15.0. The molecular formula is C16H22N2OS. The van der Waals surface area contributed by atoms with Crippen LogP contribution in [-0.4, -0.2) is 28.4 Å². The average molecular weight is 290 g/mol. The highest BCUT2D eigenvalue weighted by Crippen LogP contribution is 2.27. The Hall–Kier alpha value is -1.42. The number of hydrogen-bond donors (Lipinski definition) is 1. The Morgan fingerprint density at radius 3 is 2.55 bits per heavy atom. The predicted octanol–water partition coefficient (Wildman–Crippen LogP) is 2.70. The van der Waals surface area contributed by atoms with Gasteiger partial charge < -0.3 is 10.6 Å². The summed E-state index contributed by atoms with van der Waals surface area (Å²) in [5, 5.41) is 0. The fraction of sp³-hybridized carbons (Fsp3) is 0.500. The number of rotatable bonds is 3. The first kappa shape index (κ1) is 15.0. The van der Waals surface area contributed by atoms with Gasteiger partial charge in [0.25, 0.3) is 0 Å². The first-order valence-corrected chi connectivity index (χ1v) is 7.56. The van der Waals surface area contributed by atoms with Crippen LogP contribution in [0.25, 0.3) is 0 Å². The second kappa shape index (κ2) is 6.35. The van der Waals surface area contributed by atoms with Crippen LogP contribution in [0.4, 0.5) is 0 Å². The summed E-state index contributed by atoms with van der Waals surface area (Å²) >= 11 is 5.14. The van der Waals surface area contributed by atoms with Crippen molar-refractivity contribution in [2.24, 2.45) is 11.7 Å². The molecule has 1 fully saturated rings. The fourth-order valence-corrected chi connectivity index (χ4v) is 3.21. The normalized spacial score (nSPS) is 24.2. The highest BCUT2D eigenvalue weighted by Gasteiger charge is 2.33. The van der Waals surface area contributed by atoms with Crippen LogP contribution < -0.4 is 5.73 Å². The van der Waals surface area contributed by atoms with E-state index in [1.807, 2.05) is 35.2 Å². The zero-order chi connectivity index (χ0) is 14.7. The van der Waals surface area contributed by atoms with Gasteiger partial charge in [0.15, 0.2) is 0 Å². The van der Waals surface area contributed by atoms with Crippen molar-refractivity contribution in [2.45, 2.75) is 38.6 Å². The summed E-state index contributed by atoms with van der Waals surface area (Å²) in [6, 6.07) is 9.84. The van der Waals surface area contributed by atoms with Gasteiger partial charge in [-0.2, -0.15) is 0 Å². The van der Waals surface area contributed by atoms with Gasteiger partial charge in [0.2, 0.25) is 5.91 Å². The first-order valence-electron chi connectivity index (χ1n) is 7.15. The van der Waals surface area contributed by atoms with Crippen molar-refractivity contribution < 1.29 is 4.79 Å². The Kier molecular flexibility index (Phi) is 4.76. The van der Waals surface area contributed by atoms with Gasteiger partial charge in [0, 0.05) is 12.6 Å². The van der Waals surface area contributed by atoms with Crippen LogP contribution in [0.2, 0.25) is 0 Å². The molecule has 1 aromatic carbocycles. The SMILES string of the molecule is CC1CCN(C(=O)C(C(N)=S)c2ccccc2)C(C)C1. The van der Waals surface area contributed by atoms with Gasteiger partial charge in [-0.3, -0.25) is 4.79 Å². The minimum absolute atomic E-state index is 0.0445. The molecule has 20 heavy (non-hydrogen) atoms. The number of carbonyl (C=O) groups excluding carboxylic acids is 1. The maximum absolute atomic E-state index is 12.8. The number of carbonyl (C=O) groups is 1. The van der Waals surface area contributed by atoms with E-state index < -0.39 is 5.92 Å². The number of amides is 1. The van der Waals surface area contributed by atoms with Crippen LogP contribution >= 0.6 is 12.2 Å². The van der Waals surface area contributed by atoms with Crippen molar-refractivity contribution in [3.8, 4) is 0 Å². The Labute approximate surface area is 126 Å². The Morgan fingerprint density at radius 1 is 1.35 bits per heavy atom. The molecule has 3 atom stereocenters. The standard InChI is InChI=1S/C16H22N2OS/c1-11-8-9-18(12(2)10-11)16(19)14(15(17)20)13-6-4-3-5-7-13/h3-7,11-12,14H,8-10H2,1-2H3,(H2,17,20). The molecule has 3 unspecified atom stereocenters. The van der Waals surface area contributed by atoms with Crippen LogP contribution in [0.15, 0.2) is 30.3 Å². The Bertz CT molecular complexity index is 489. The van der Waals surface area contributed by atoms with Crippen LogP contribution in [-0.2, 0) is 4.79 Å². The van der Waals surface area contributed by atoms with E-state index in [1.165, 1.54) is 0 Å². The molecule has 0 spiro atoms. The molecule has 0 radical (unpaired) electrons. The van der Waals surface area contributed by atoms with Crippen molar-refractivity contribution in [3.63, 3.8) is 0 Å². The lowest BCUT2D eigenvalue weighted by molar-refractivity contribution is -0.135. The van der Waals surface area contributed by atoms with Crippen LogP contribution in [0.5, 0.6) is 0 Å². The zero-order valence-electron chi connectivity index (χ0n) is 12.1. The number of nitrogens with two attached hydrogens (primary N) is 1. The predicted molar refractivity (Wildman–Crippen MR) is 85.5 cm³/mol. The van der Waals surface area contributed by atoms with Gasteiger partial charge in [-0.1, -0.05) is 49.5 Å². The smallest absolute Gasteiger partial charge is 0.237 e. The third-order valence-corrected chi connectivity index (χ3v) is 4.32. The molecule has 108 valence electrons. The summed E-state index contributed by atoms with van der Waals surface area (Å²) < 4.78 is 0. The number of piperidine rings is 1. The molecule has 0 aromatic heterocycles. The van der Waals surface area contributed by atoms with E-state index in [9.17, 15) is 4.79 Å². The minimum atomic E-state index is -0.498. The van der Waals surface area contributed by atoms with Crippen LogP contribution in [0, 0.1) is 5.92 Å². The molecule has 1 saturated heterocycles. The molecule has 3 nitrogen and oxygen atoms in total. The Balaban J connectivity index is 2.22. The monoisotopic (exact) mass is 290 g/mol. The average Bonchev–Trinajstić information content (AvgIpc) is 2.39. The van der Waals surface area contributed by atoms with E-state index in [1.54, 1.807) is 0 Å². The molecular weight excluding hydrogens is 268 g/mol. The molecule has 1 amide bonds. The van der Waals surface area contributed by atoms with Gasteiger partial charge in [0.1, 0.15) is 5.92 Å². The summed E-state index contributed by atoms with van der Waals surface area (Å²) in [6.07, 6.45) is 2.10. The summed E-state index contributed by atoms with van der Waals surface area (Å²) in [6.45, 7) is 5.14. The number of benzene rings is 1. The van der Waals surface area contributed by atoms with E-state index >= 15 is 0 Å². The highest BCUT2D eigenvalue weighted by atomic mass is 32.1. The Morgan fingerprint density at radius 2 is 2.00 bits per heavy atom. The fourth-order valence-electron chi connectivity index (χ4n) is 2.97. The van der Waals surface area contributed by atoms with Crippen molar-refractivity contribution in [3.05, 3.63) is 35.9 Å². The molecule has 0 bridgehead atoms. The van der Waals surface area contributed by atoms with Crippen LogP contribution in [0.3, 0.4) is 0 Å². The highest BCUT2D eigenvalue weighted by molar-refractivity contribution is 7.80. The number of likely N-dealkylation sites (tertiary alicyclic amines) is 1. The largest absolute Gasteiger partial charge is 0.392 e. The number of thiocarbonyl (C=S) groups is 1. The lowest BCUT2D eigenvalue weighted by atomic mass is 9.90.